The second-order valence-electron chi connectivity index (χ2n) is 4.76. The lowest BCUT2D eigenvalue weighted by Gasteiger charge is -2.06. The van der Waals surface area contributed by atoms with Gasteiger partial charge < -0.3 is 10.4 Å². The van der Waals surface area contributed by atoms with Crippen LogP contribution in [0.2, 0.25) is 0 Å². The van der Waals surface area contributed by atoms with Crippen molar-refractivity contribution in [3.8, 4) is 0 Å². The first kappa shape index (κ1) is 14.3. The lowest BCUT2D eigenvalue weighted by molar-refractivity contribution is -0.136. The molecule has 0 amide bonds. The van der Waals surface area contributed by atoms with Crippen molar-refractivity contribution in [3.05, 3.63) is 53.3 Å². The summed E-state index contributed by atoms with van der Waals surface area (Å²) in [6.45, 7) is 1.67. The Morgan fingerprint density at radius 2 is 1.95 bits per heavy atom. The maximum absolute atomic E-state index is 10.6. The average Bonchev–Trinajstić information content (AvgIpc) is 2.82. The summed E-state index contributed by atoms with van der Waals surface area (Å²) >= 11 is 0. The van der Waals surface area contributed by atoms with Gasteiger partial charge in [0, 0.05) is 38.4 Å². The number of carboxylic acid groups (broad SMARTS) is 1. The summed E-state index contributed by atoms with van der Waals surface area (Å²) in [6, 6.07) is 9.69. The second kappa shape index (κ2) is 6.86. The first-order chi connectivity index (χ1) is 9.65. The van der Waals surface area contributed by atoms with Crippen molar-refractivity contribution in [1.29, 1.82) is 0 Å². The number of aryl methyl sites for hydroxylation is 1. The smallest absolute Gasteiger partial charge is 0.307 e. The SMILES string of the molecule is Cn1nccc1CCNCc1ccc(CC(=O)O)cc1. The quantitative estimate of drug-likeness (QED) is 0.748. The number of nitrogens with zero attached hydrogens (tertiary/aromatic N) is 2. The molecule has 20 heavy (non-hydrogen) atoms. The molecule has 5 nitrogen and oxygen atoms in total. The maximum atomic E-state index is 10.6. The molecule has 1 aromatic heterocycles. The van der Waals surface area contributed by atoms with Crippen LogP contribution < -0.4 is 5.32 Å². The highest BCUT2D eigenvalue weighted by Crippen LogP contribution is 2.05. The van der Waals surface area contributed by atoms with Gasteiger partial charge in [-0.1, -0.05) is 24.3 Å². The monoisotopic (exact) mass is 273 g/mol. The summed E-state index contributed by atoms with van der Waals surface area (Å²) in [5.41, 5.74) is 3.19. The summed E-state index contributed by atoms with van der Waals surface area (Å²) < 4.78 is 1.88. The van der Waals surface area contributed by atoms with Crippen LogP contribution in [0.1, 0.15) is 16.8 Å². The van der Waals surface area contributed by atoms with Crippen LogP contribution in [0.4, 0.5) is 0 Å². The van der Waals surface area contributed by atoms with Gasteiger partial charge >= 0.3 is 5.97 Å². The zero-order chi connectivity index (χ0) is 14.4. The molecule has 0 atom stereocenters. The predicted octanol–water partition coefficient (Wildman–Crippen LogP) is 1.38. The largest absolute Gasteiger partial charge is 0.481 e. The Morgan fingerprint density at radius 3 is 2.55 bits per heavy atom. The van der Waals surface area contributed by atoms with E-state index in [4.69, 9.17) is 5.11 Å². The number of nitrogens with one attached hydrogen (secondary N) is 1. The molecule has 0 saturated carbocycles. The summed E-state index contributed by atoms with van der Waals surface area (Å²) in [5.74, 6) is -0.799. The van der Waals surface area contributed by atoms with E-state index in [9.17, 15) is 4.79 Å². The van der Waals surface area contributed by atoms with E-state index < -0.39 is 5.97 Å². The van der Waals surface area contributed by atoms with Crippen LogP contribution in [0.5, 0.6) is 0 Å². The molecule has 1 aromatic carbocycles. The Hall–Kier alpha value is -2.14. The Morgan fingerprint density at radius 1 is 1.25 bits per heavy atom. The summed E-state index contributed by atoms with van der Waals surface area (Å²) in [6.07, 6.45) is 2.82. The van der Waals surface area contributed by atoms with Crippen molar-refractivity contribution >= 4 is 5.97 Å². The van der Waals surface area contributed by atoms with Crippen molar-refractivity contribution in [2.24, 2.45) is 7.05 Å². The van der Waals surface area contributed by atoms with Crippen LogP contribution in [-0.2, 0) is 31.2 Å². The molecule has 5 heteroatoms. The molecule has 0 aliphatic heterocycles. The van der Waals surface area contributed by atoms with Gasteiger partial charge in [0.05, 0.1) is 6.42 Å². The van der Waals surface area contributed by atoms with Gasteiger partial charge in [0.1, 0.15) is 0 Å². The average molecular weight is 273 g/mol. The normalized spacial score (nSPS) is 10.7. The van der Waals surface area contributed by atoms with E-state index in [2.05, 4.69) is 10.4 Å². The molecule has 0 unspecified atom stereocenters. The lowest BCUT2D eigenvalue weighted by atomic mass is 10.1. The van der Waals surface area contributed by atoms with E-state index in [1.165, 1.54) is 5.69 Å². The van der Waals surface area contributed by atoms with Crippen LogP contribution in [-0.4, -0.2) is 27.4 Å². The van der Waals surface area contributed by atoms with Crippen LogP contribution in [0.25, 0.3) is 0 Å². The predicted molar refractivity (Wildman–Crippen MR) is 76.4 cm³/mol. The Labute approximate surface area is 118 Å². The van der Waals surface area contributed by atoms with Crippen molar-refractivity contribution in [3.63, 3.8) is 0 Å². The van der Waals surface area contributed by atoms with E-state index >= 15 is 0 Å². The molecular weight excluding hydrogens is 254 g/mol. The van der Waals surface area contributed by atoms with Gasteiger partial charge in [0.2, 0.25) is 0 Å². The molecule has 0 radical (unpaired) electrons. The van der Waals surface area contributed by atoms with Gasteiger partial charge in [-0.05, 0) is 17.2 Å². The summed E-state index contributed by atoms with van der Waals surface area (Å²) in [4.78, 5) is 10.6. The van der Waals surface area contributed by atoms with Gasteiger partial charge in [0.25, 0.3) is 0 Å². The van der Waals surface area contributed by atoms with Crippen molar-refractivity contribution in [2.75, 3.05) is 6.54 Å². The molecule has 0 aliphatic carbocycles. The molecule has 2 rings (SSSR count). The number of carboxylic acids is 1. The lowest BCUT2D eigenvalue weighted by Crippen LogP contribution is -2.17. The van der Waals surface area contributed by atoms with Crippen LogP contribution in [0, 0.1) is 0 Å². The van der Waals surface area contributed by atoms with E-state index in [-0.39, 0.29) is 6.42 Å². The molecule has 0 fully saturated rings. The minimum absolute atomic E-state index is 0.0776. The Balaban J connectivity index is 1.74. The van der Waals surface area contributed by atoms with Gasteiger partial charge in [-0.25, -0.2) is 0 Å². The van der Waals surface area contributed by atoms with Gasteiger partial charge in [-0.3, -0.25) is 9.48 Å². The number of carbonyl (C=O) groups is 1. The summed E-state index contributed by atoms with van der Waals surface area (Å²) in [5, 5.41) is 16.2. The van der Waals surface area contributed by atoms with Crippen LogP contribution in [0.15, 0.2) is 36.5 Å². The fourth-order valence-corrected chi connectivity index (χ4v) is 2.05. The minimum Gasteiger partial charge on any atom is -0.481 e. The molecule has 0 aliphatic rings. The molecule has 1 heterocycles. The van der Waals surface area contributed by atoms with Gasteiger partial charge in [0.15, 0.2) is 0 Å². The Bertz CT molecular complexity index is 561. The first-order valence-electron chi connectivity index (χ1n) is 6.62. The third kappa shape index (κ3) is 4.20. The van der Waals surface area contributed by atoms with Crippen molar-refractivity contribution in [1.82, 2.24) is 15.1 Å². The highest BCUT2D eigenvalue weighted by Gasteiger charge is 2.01. The van der Waals surface area contributed by atoms with Gasteiger partial charge in [-0.15, -0.1) is 0 Å². The molecule has 0 bridgehead atoms. The highest BCUT2D eigenvalue weighted by molar-refractivity contribution is 5.70. The number of hydrogen-bond donors (Lipinski definition) is 2. The topological polar surface area (TPSA) is 67.2 Å². The standard InChI is InChI=1S/C15H19N3O2/c1-18-14(7-9-17-18)6-8-16-11-13-4-2-12(3-5-13)10-15(19)20/h2-5,7,9,16H,6,8,10-11H2,1H3,(H,19,20). The number of hydrogen-bond acceptors (Lipinski definition) is 3. The van der Waals surface area contributed by atoms with Crippen LogP contribution >= 0.6 is 0 Å². The van der Waals surface area contributed by atoms with Crippen molar-refractivity contribution < 1.29 is 9.90 Å². The minimum atomic E-state index is -0.799. The zero-order valence-electron chi connectivity index (χ0n) is 11.5. The molecule has 0 spiro atoms. The first-order valence-corrected chi connectivity index (χ1v) is 6.62. The van der Waals surface area contributed by atoms with Gasteiger partial charge in [-0.2, -0.15) is 5.10 Å². The highest BCUT2D eigenvalue weighted by atomic mass is 16.4. The van der Waals surface area contributed by atoms with E-state index in [1.54, 1.807) is 6.20 Å². The van der Waals surface area contributed by atoms with E-state index in [0.717, 1.165) is 30.6 Å². The molecule has 0 saturated heterocycles. The van der Waals surface area contributed by atoms with E-state index in [0.29, 0.717) is 0 Å². The van der Waals surface area contributed by atoms with E-state index in [1.807, 2.05) is 42.1 Å². The zero-order valence-corrected chi connectivity index (χ0v) is 11.5. The second-order valence-corrected chi connectivity index (χ2v) is 4.76. The fourth-order valence-electron chi connectivity index (χ4n) is 2.05. The van der Waals surface area contributed by atoms with Crippen molar-refractivity contribution in [2.45, 2.75) is 19.4 Å². The summed E-state index contributed by atoms with van der Waals surface area (Å²) in [7, 11) is 1.94. The molecule has 106 valence electrons. The molecule has 2 N–H and O–H groups in total. The van der Waals surface area contributed by atoms with Crippen LogP contribution in [0.3, 0.4) is 0 Å². The fraction of sp³-hybridized carbons (Fsp3) is 0.333. The number of aromatic nitrogens is 2. The molecule has 2 aromatic rings. The number of rotatable bonds is 7. The number of benzene rings is 1. The maximum Gasteiger partial charge on any atom is 0.307 e. The Kier molecular flexibility index (Phi) is 4.90. The third-order valence-corrected chi connectivity index (χ3v) is 3.19. The number of aliphatic carboxylic acids is 1. The third-order valence-electron chi connectivity index (χ3n) is 3.19. The molecular formula is C15H19N3O2.